The zero-order valence-electron chi connectivity index (χ0n) is 8.59. The minimum atomic E-state index is -0.119. The van der Waals surface area contributed by atoms with Crippen LogP contribution in [0.2, 0.25) is 0 Å². The molecular formula is C13H10N2O. The summed E-state index contributed by atoms with van der Waals surface area (Å²) in [6.45, 7) is -0.119. The fourth-order valence-corrected chi connectivity index (χ4v) is 1.32. The number of aromatic nitrogens is 2. The molecule has 1 aromatic carbocycles. The molecule has 78 valence electrons. The minimum absolute atomic E-state index is 0.119. The van der Waals surface area contributed by atoms with Crippen molar-refractivity contribution in [3.8, 4) is 23.1 Å². The van der Waals surface area contributed by atoms with Gasteiger partial charge in [-0.25, -0.2) is 0 Å². The van der Waals surface area contributed by atoms with Crippen LogP contribution in [0.5, 0.6) is 0 Å². The molecule has 0 aliphatic heterocycles. The molecule has 0 aliphatic carbocycles. The first-order valence-corrected chi connectivity index (χ1v) is 4.88. The van der Waals surface area contributed by atoms with Crippen LogP contribution in [0.4, 0.5) is 0 Å². The first-order chi connectivity index (χ1) is 7.90. The van der Waals surface area contributed by atoms with E-state index in [1.807, 2.05) is 36.4 Å². The number of hydrogen-bond acceptors (Lipinski definition) is 3. The average molecular weight is 210 g/mol. The quantitative estimate of drug-likeness (QED) is 0.725. The van der Waals surface area contributed by atoms with Crippen LogP contribution in [0.15, 0.2) is 42.6 Å². The second-order valence-electron chi connectivity index (χ2n) is 3.15. The molecule has 0 radical (unpaired) electrons. The molecule has 0 fully saturated rings. The van der Waals surface area contributed by atoms with Crippen molar-refractivity contribution < 1.29 is 5.11 Å². The van der Waals surface area contributed by atoms with Crippen LogP contribution in [0.3, 0.4) is 0 Å². The van der Waals surface area contributed by atoms with Crippen molar-refractivity contribution in [2.24, 2.45) is 0 Å². The molecule has 1 heterocycles. The maximum Gasteiger partial charge on any atom is 0.104 e. The van der Waals surface area contributed by atoms with Gasteiger partial charge in [-0.15, -0.1) is 0 Å². The summed E-state index contributed by atoms with van der Waals surface area (Å²) in [4.78, 5) is 0. The first kappa shape index (κ1) is 10.3. The van der Waals surface area contributed by atoms with Gasteiger partial charge in [0.05, 0.1) is 5.69 Å². The predicted molar refractivity (Wildman–Crippen MR) is 61.4 cm³/mol. The zero-order valence-corrected chi connectivity index (χ0v) is 8.59. The highest BCUT2D eigenvalue weighted by atomic mass is 16.2. The van der Waals surface area contributed by atoms with Gasteiger partial charge in [-0.3, -0.25) is 0 Å². The van der Waals surface area contributed by atoms with Gasteiger partial charge < -0.3 is 5.11 Å². The lowest BCUT2D eigenvalue weighted by molar-refractivity contribution is 0.350. The number of rotatable bonds is 1. The van der Waals surface area contributed by atoms with Crippen LogP contribution in [0, 0.1) is 11.8 Å². The van der Waals surface area contributed by atoms with Gasteiger partial charge in [0.15, 0.2) is 0 Å². The van der Waals surface area contributed by atoms with Gasteiger partial charge in [0.1, 0.15) is 6.61 Å². The number of aliphatic hydroxyl groups excluding tert-OH is 1. The Morgan fingerprint density at radius 1 is 1.12 bits per heavy atom. The molecule has 0 aliphatic rings. The van der Waals surface area contributed by atoms with Crippen molar-refractivity contribution in [3.63, 3.8) is 0 Å². The Labute approximate surface area is 93.8 Å². The van der Waals surface area contributed by atoms with Crippen LogP contribution in [0.25, 0.3) is 11.3 Å². The van der Waals surface area contributed by atoms with E-state index in [1.165, 1.54) is 0 Å². The van der Waals surface area contributed by atoms with Crippen LogP contribution in [0.1, 0.15) is 5.56 Å². The molecule has 2 aromatic rings. The largest absolute Gasteiger partial charge is 0.384 e. The van der Waals surface area contributed by atoms with Gasteiger partial charge in [0.25, 0.3) is 0 Å². The molecule has 16 heavy (non-hydrogen) atoms. The average Bonchev–Trinajstić information content (AvgIpc) is 2.38. The SMILES string of the molecule is OCC#Cc1ccc(-c2cccnn2)cc1. The molecule has 0 atom stereocenters. The fourth-order valence-electron chi connectivity index (χ4n) is 1.32. The molecule has 1 N–H and O–H groups in total. The number of hydrogen-bond donors (Lipinski definition) is 1. The molecule has 3 nitrogen and oxygen atoms in total. The number of aliphatic hydroxyl groups is 1. The summed E-state index contributed by atoms with van der Waals surface area (Å²) in [5, 5.41) is 16.4. The summed E-state index contributed by atoms with van der Waals surface area (Å²) < 4.78 is 0. The second kappa shape index (κ2) is 5.06. The number of benzene rings is 1. The lowest BCUT2D eigenvalue weighted by Gasteiger charge is -1.98. The molecular weight excluding hydrogens is 200 g/mol. The Morgan fingerprint density at radius 2 is 1.94 bits per heavy atom. The molecule has 0 unspecified atom stereocenters. The van der Waals surface area contributed by atoms with Crippen molar-refractivity contribution in [1.29, 1.82) is 0 Å². The number of nitrogens with zero attached hydrogens (tertiary/aromatic N) is 2. The normalized spacial score (nSPS) is 9.31. The molecule has 1 aromatic heterocycles. The summed E-state index contributed by atoms with van der Waals surface area (Å²) in [7, 11) is 0. The van der Waals surface area contributed by atoms with Gasteiger partial charge in [-0.05, 0) is 24.3 Å². The van der Waals surface area contributed by atoms with E-state index in [0.717, 1.165) is 16.8 Å². The van der Waals surface area contributed by atoms with Crippen molar-refractivity contribution in [2.75, 3.05) is 6.61 Å². The highest BCUT2D eigenvalue weighted by molar-refractivity contribution is 5.59. The summed E-state index contributed by atoms with van der Waals surface area (Å²) in [5.41, 5.74) is 2.72. The standard InChI is InChI=1S/C13H10N2O/c16-10-2-3-11-5-7-12(8-6-11)13-4-1-9-14-15-13/h1,4-9,16H,10H2. The van der Waals surface area contributed by atoms with Crippen molar-refractivity contribution in [1.82, 2.24) is 10.2 Å². The van der Waals surface area contributed by atoms with Gasteiger partial charge in [-0.1, -0.05) is 24.0 Å². The van der Waals surface area contributed by atoms with E-state index in [4.69, 9.17) is 5.11 Å². The minimum Gasteiger partial charge on any atom is -0.384 e. The van der Waals surface area contributed by atoms with Crippen LogP contribution < -0.4 is 0 Å². The van der Waals surface area contributed by atoms with E-state index in [9.17, 15) is 0 Å². The molecule has 0 saturated carbocycles. The van der Waals surface area contributed by atoms with E-state index < -0.39 is 0 Å². The zero-order chi connectivity index (χ0) is 11.2. The van der Waals surface area contributed by atoms with Crippen LogP contribution in [-0.2, 0) is 0 Å². The summed E-state index contributed by atoms with van der Waals surface area (Å²) in [5.74, 6) is 5.44. The summed E-state index contributed by atoms with van der Waals surface area (Å²) in [6.07, 6.45) is 1.64. The smallest absolute Gasteiger partial charge is 0.104 e. The molecule has 3 heteroatoms. The third-order valence-electron chi connectivity index (χ3n) is 2.06. The third-order valence-corrected chi connectivity index (χ3v) is 2.06. The Kier molecular flexibility index (Phi) is 3.27. The monoisotopic (exact) mass is 210 g/mol. The highest BCUT2D eigenvalue weighted by Gasteiger charge is 1.97. The van der Waals surface area contributed by atoms with Crippen LogP contribution >= 0.6 is 0 Å². The molecule has 0 amide bonds. The summed E-state index contributed by atoms with van der Waals surface area (Å²) in [6, 6.07) is 11.4. The Hall–Kier alpha value is -2.18. The second-order valence-corrected chi connectivity index (χ2v) is 3.15. The van der Waals surface area contributed by atoms with E-state index in [2.05, 4.69) is 22.0 Å². The van der Waals surface area contributed by atoms with Gasteiger partial charge in [-0.2, -0.15) is 10.2 Å². The van der Waals surface area contributed by atoms with E-state index >= 15 is 0 Å². The van der Waals surface area contributed by atoms with Crippen molar-refractivity contribution in [2.45, 2.75) is 0 Å². The van der Waals surface area contributed by atoms with Gasteiger partial charge in [0, 0.05) is 17.3 Å². The van der Waals surface area contributed by atoms with E-state index in [-0.39, 0.29) is 6.61 Å². The summed E-state index contributed by atoms with van der Waals surface area (Å²) >= 11 is 0. The maximum absolute atomic E-state index is 8.57. The van der Waals surface area contributed by atoms with Crippen molar-refractivity contribution >= 4 is 0 Å². The lowest BCUT2D eigenvalue weighted by Crippen LogP contribution is -1.85. The molecule has 0 saturated heterocycles. The van der Waals surface area contributed by atoms with Gasteiger partial charge in [0.2, 0.25) is 0 Å². The van der Waals surface area contributed by atoms with E-state index in [0.29, 0.717) is 0 Å². The Morgan fingerprint density at radius 3 is 2.56 bits per heavy atom. The maximum atomic E-state index is 8.57. The van der Waals surface area contributed by atoms with Gasteiger partial charge >= 0.3 is 0 Å². The Bertz CT molecular complexity index is 509. The molecule has 0 bridgehead atoms. The third kappa shape index (κ3) is 2.44. The highest BCUT2D eigenvalue weighted by Crippen LogP contribution is 2.15. The topological polar surface area (TPSA) is 46.0 Å². The lowest BCUT2D eigenvalue weighted by atomic mass is 10.1. The molecule has 2 rings (SSSR count). The van der Waals surface area contributed by atoms with Crippen molar-refractivity contribution in [3.05, 3.63) is 48.2 Å². The first-order valence-electron chi connectivity index (χ1n) is 4.88. The van der Waals surface area contributed by atoms with E-state index in [1.54, 1.807) is 6.20 Å². The Balaban J connectivity index is 2.26. The van der Waals surface area contributed by atoms with Crippen LogP contribution in [-0.4, -0.2) is 21.9 Å². The fraction of sp³-hybridized carbons (Fsp3) is 0.0769. The predicted octanol–water partition coefficient (Wildman–Crippen LogP) is 1.49. The molecule has 0 spiro atoms.